The van der Waals surface area contributed by atoms with Gasteiger partial charge in [0.15, 0.2) is 5.78 Å². The first-order valence-corrected chi connectivity index (χ1v) is 11.7. The summed E-state index contributed by atoms with van der Waals surface area (Å²) in [6, 6.07) is 0. The Balaban J connectivity index is 1.67. The van der Waals surface area contributed by atoms with E-state index < -0.39 is 5.60 Å². The van der Waals surface area contributed by atoms with Crippen molar-refractivity contribution in [1.29, 1.82) is 0 Å². The maximum atomic E-state index is 12.8. The molecule has 1 saturated carbocycles. The van der Waals surface area contributed by atoms with Crippen LogP contribution < -0.4 is 10.4 Å². The van der Waals surface area contributed by atoms with E-state index in [0.29, 0.717) is 41.9 Å². The van der Waals surface area contributed by atoms with Crippen LogP contribution in [0.15, 0.2) is 33.0 Å². The Labute approximate surface area is 184 Å². The van der Waals surface area contributed by atoms with E-state index in [-0.39, 0.29) is 22.2 Å². The molecule has 1 aliphatic heterocycles. The van der Waals surface area contributed by atoms with Crippen LogP contribution in [-0.2, 0) is 11.2 Å². The summed E-state index contributed by atoms with van der Waals surface area (Å²) in [6.07, 6.45) is 10.7. The molecule has 1 aromatic heterocycles. The molecule has 1 fully saturated rings. The van der Waals surface area contributed by atoms with Crippen molar-refractivity contribution in [2.24, 2.45) is 28.6 Å². The predicted octanol–water partition coefficient (Wildman–Crippen LogP) is 5.48. The number of rotatable bonds is 0. The van der Waals surface area contributed by atoms with Crippen LogP contribution in [0.25, 0.3) is 0 Å². The van der Waals surface area contributed by atoms with Crippen LogP contribution in [0.5, 0.6) is 5.75 Å². The van der Waals surface area contributed by atoms with Crippen LogP contribution in [0.2, 0.25) is 0 Å². The fourth-order valence-electron chi connectivity index (χ4n) is 7.77. The highest BCUT2D eigenvalue weighted by molar-refractivity contribution is 5.90. The van der Waals surface area contributed by atoms with Gasteiger partial charge in [-0.15, -0.1) is 0 Å². The zero-order valence-corrected chi connectivity index (χ0v) is 19.6. The molecule has 31 heavy (non-hydrogen) atoms. The van der Waals surface area contributed by atoms with E-state index in [1.54, 1.807) is 0 Å². The van der Waals surface area contributed by atoms with Gasteiger partial charge in [0, 0.05) is 23.8 Å². The minimum absolute atomic E-state index is 0.0729. The molecule has 4 heteroatoms. The zero-order valence-electron chi connectivity index (χ0n) is 19.6. The largest absolute Gasteiger partial charge is 0.481 e. The lowest BCUT2D eigenvalue weighted by Crippen LogP contribution is -2.63. The van der Waals surface area contributed by atoms with Crippen LogP contribution in [-0.4, -0.2) is 11.4 Å². The van der Waals surface area contributed by atoms with Gasteiger partial charge in [0.25, 0.3) is 0 Å². The van der Waals surface area contributed by atoms with Crippen molar-refractivity contribution >= 4 is 5.78 Å². The van der Waals surface area contributed by atoms with Gasteiger partial charge in [-0.05, 0) is 74.9 Å². The fraction of sp³-hybridized carbons (Fsp3) is 0.630. The molecule has 0 saturated heterocycles. The van der Waals surface area contributed by atoms with Gasteiger partial charge in [0.05, 0.1) is 5.56 Å². The molecule has 0 radical (unpaired) electrons. The molecule has 0 unspecified atom stereocenters. The molecule has 6 atom stereocenters. The third-order valence-corrected chi connectivity index (χ3v) is 9.69. The van der Waals surface area contributed by atoms with E-state index in [2.05, 4.69) is 39.8 Å². The van der Waals surface area contributed by atoms with Crippen molar-refractivity contribution < 1.29 is 13.9 Å². The van der Waals surface area contributed by atoms with Gasteiger partial charge in [0.2, 0.25) is 0 Å². The summed E-state index contributed by atoms with van der Waals surface area (Å²) in [5.41, 5.74) is 1.83. The maximum absolute atomic E-state index is 12.8. The molecule has 4 nitrogen and oxygen atoms in total. The number of ketones is 1. The molecule has 0 N–H and O–H groups in total. The van der Waals surface area contributed by atoms with E-state index in [1.165, 1.54) is 5.57 Å². The van der Waals surface area contributed by atoms with Crippen LogP contribution >= 0.6 is 0 Å². The number of hydrogen-bond donors (Lipinski definition) is 0. The molecule has 0 aromatic carbocycles. The smallest absolute Gasteiger partial charge is 0.343 e. The second-order valence-electron chi connectivity index (χ2n) is 11.1. The third-order valence-electron chi connectivity index (χ3n) is 9.69. The number of carbonyl (C=O) groups is 1. The lowest BCUT2D eigenvalue weighted by atomic mass is 9.42. The molecule has 0 amide bonds. The van der Waals surface area contributed by atoms with Crippen molar-refractivity contribution in [3.05, 3.63) is 51.1 Å². The van der Waals surface area contributed by atoms with Crippen molar-refractivity contribution in [3.8, 4) is 5.75 Å². The van der Waals surface area contributed by atoms with Gasteiger partial charge in [-0.3, -0.25) is 4.79 Å². The van der Waals surface area contributed by atoms with E-state index in [4.69, 9.17) is 9.15 Å². The lowest BCUT2D eigenvalue weighted by Gasteiger charge is -2.63. The molecule has 5 rings (SSSR count). The molecule has 166 valence electrons. The minimum Gasteiger partial charge on any atom is -0.481 e. The molecular weight excluding hydrogens is 388 g/mol. The van der Waals surface area contributed by atoms with Gasteiger partial charge < -0.3 is 9.15 Å². The Morgan fingerprint density at radius 3 is 2.61 bits per heavy atom. The van der Waals surface area contributed by atoms with E-state index in [0.717, 1.165) is 30.6 Å². The van der Waals surface area contributed by atoms with E-state index >= 15 is 0 Å². The second kappa shape index (κ2) is 6.46. The van der Waals surface area contributed by atoms with Gasteiger partial charge in [0.1, 0.15) is 17.1 Å². The van der Waals surface area contributed by atoms with Gasteiger partial charge in [-0.1, -0.05) is 32.9 Å². The average molecular weight is 423 g/mol. The number of ether oxygens (including phenoxy) is 1. The molecule has 3 aliphatic carbocycles. The topological polar surface area (TPSA) is 56.5 Å². The summed E-state index contributed by atoms with van der Waals surface area (Å²) >= 11 is 0. The fourth-order valence-corrected chi connectivity index (χ4v) is 7.77. The standard InChI is InChI=1S/C27H34O4/c1-15-13-19(28)9-11-25(5)21(15)10-12-26(6)22(25)8-7-16(2)27(26)14-20-23(31-27)17(3)18(4)30-24(20)29/h7,9,11,15,21-22H,8,10,12-14H2,1-6H3/t15-,21-,22+,25-,26+,27-/m0/s1. The second-order valence-corrected chi connectivity index (χ2v) is 11.1. The first-order chi connectivity index (χ1) is 14.5. The molecule has 2 heterocycles. The van der Waals surface area contributed by atoms with Crippen LogP contribution in [0.4, 0.5) is 0 Å². The van der Waals surface area contributed by atoms with Gasteiger partial charge in [-0.2, -0.15) is 0 Å². The lowest BCUT2D eigenvalue weighted by molar-refractivity contribution is -0.138. The summed E-state index contributed by atoms with van der Waals surface area (Å²) in [6.45, 7) is 13.0. The highest BCUT2D eigenvalue weighted by atomic mass is 16.5. The number of carbonyl (C=O) groups excluding carboxylic acids is 1. The molecule has 1 aromatic rings. The Hall–Kier alpha value is -2.10. The number of allylic oxidation sites excluding steroid dienone is 3. The monoisotopic (exact) mass is 422 g/mol. The van der Waals surface area contributed by atoms with Crippen LogP contribution in [0, 0.1) is 42.4 Å². The Kier molecular flexibility index (Phi) is 4.33. The van der Waals surface area contributed by atoms with Crippen LogP contribution in [0.1, 0.15) is 70.3 Å². The van der Waals surface area contributed by atoms with Gasteiger partial charge >= 0.3 is 5.63 Å². The Bertz CT molecular complexity index is 1090. The number of aryl methyl sites for hydroxylation is 1. The van der Waals surface area contributed by atoms with Crippen LogP contribution in [0.3, 0.4) is 0 Å². The molecule has 0 bridgehead atoms. The summed E-state index contributed by atoms with van der Waals surface area (Å²) in [5.74, 6) is 2.81. The first kappa shape index (κ1) is 20.8. The quantitative estimate of drug-likeness (QED) is 0.519. The van der Waals surface area contributed by atoms with Crippen molar-refractivity contribution in [2.75, 3.05) is 0 Å². The summed E-state index contributed by atoms with van der Waals surface area (Å²) in [4.78, 5) is 25.2. The minimum atomic E-state index is -0.535. The van der Waals surface area contributed by atoms with E-state index in [9.17, 15) is 9.59 Å². The normalized spacial score (nSPS) is 41.2. The number of fused-ring (bicyclic) bond motifs is 5. The Morgan fingerprint density at radius 2 is 1.87 bits per heavy atom. The highest BCUT2D eigenvalue weighted by Crippen LogP contribution is 2.67. The number of hydrogen-bond acceptors (Lipinski definition) is 4. The zero-order chi connectivity index (χ0) is 22.3. The van der Waals surface area contributed by atoms with Crippen molar-refractivity contribution in [1.82, 2.24) is 0 Å². The summed E-state index contributed by atoms with van der Waals surface area (Å²) in [7, 11) is 0. The molecular formula is C27H34O4. The predicted molar refractivity (Wildman–Crippen MR) is 120 cm³/mol. The highest BCUT2D eigenvalue weighted by Gasteiger charge is 2.66. The van der Waals surface area contributed by atoms with Gasteiger partial charge in [-0.25, -0.2) is 4.79 Å². The van der Waals surface area contributed by atoms with Crippen molar-refractivity contribution in [2.45, 2.75) is 79.2 Å². The third kappa shape index (κ3) is 2.54. The van der Waals surface area contributed by atoms with Crippen molar-refractivity contribution in [3.63, 3.8) is 0 Å². The molecule has 4 aliphatic rings. The molecule has 1 spiro atoms. The summed E-state index contributed by atoms with van der Waals surface area (Å²) < 4.78 is 12.4. The summed E-state index contributed by atoms with van der Waals surface area (Å²) in [5, 5.41) is 0. The average Bonchev–Trinajstić information content (AvgIpc) is 3.08. The Morgan fingerprint density at radius 1 is 1.13 bits per heavy atom. The van der Waals surface area contributed by atoms with E-state index in [1.807, 2.05) is 19.9 Å². The first-order valence-electron chi connectivity index (χ1n) is 11.7. The maximum Gasteiger partial charge on any atom is 0.343 e. The SMILES string of the molecule is CC1=CC[C@@H]2[C@@]3(C)C=CC(=O)C[C@H](C)[C@@H]3CC[C@@]2(C)[C@]12Cc1c(c(C)c(C)oc1=O)O2.